The molecule has 1 aliphatic rings. The number of ether oxygens (including phenoxy) is 1. The van der Waals surface area contributed by atoms with Crippen LogP contribution in [0.3, 0.4) is 0 Å². The monoisotopic (exact) mass is 435 g/mol. The first-order valence-corrected chi connectivity index (χ1v) is 11.2. The van der Waals surface area contributed by atoms with E-state index in [1.807, 2.05) is 43.3 Å². The van der Waals surface area contributed by atoms with Gasteiger partial charge in [-0.2, -0.15) is 5.10 Å². The lowest BCUT2D eigenvalue weighted by atomic mass is 10.1. The largest absolute Gasteiger partial charge is 0.435 e. The summed E-state index contributed by atoms with van der Waals surface area (Å²) < 4.78 is 22.3. The molecule has 4 rings (SSSR count). The third-order valence-corrected chi connectivity index (χ3v) is 5.76. The van der Waals surface area contributed by atoms with Crippen LogP contribution < -0.4 is 4.74 Å². The maximum Gasteiger partial charge on any atom is 0.227 e. The van der Waals surface area contributed by atoms with E-state index in [0.717, 1.165) is 36.2 Å². The molecular formula is C26H30FN3O2. The quantitative estimate of drug-likeness (QED) is 0.410. The topological polar surface area (TPSA) is 50.5 Å². The van der Waals surface area contributed by atoms with Gasteiger partial charge in [-0.3, -0.25) is 4.90 Å². The van der Waals surface area contributed by atoms with Crippen molar-refractivity contribution >= 4 is 0 Å². The molecule has 1 atom stereocenters. The number of rotatable bonds is 11. The highest BCUT2D eigenvalue weighted by Crippen LogP contribution is 2.35. The van der Waals surface area contributed by atoms with Crippen molar-refractivity contribution in [2.24, 2.45) is 0 Å². The van der Waals surface area contributed by atoms with Crippen LogP contribution in [0, 0.1) is 12.7 Å². The Morgan fingerprint density at radius 2 is 1.94 bits per heavy atom. The number of nitrogens with zero attached hydrogens (tertiary/aromatic N) is 3. The normalized spacial score (nSPS) is 14.5. The van der Waals surface area contributed by atoms with E-state index in [0.29, 0.717) is 31.4 Å². The summed E-state index contributed by atoms with van der Waals surface area (Å²) in [4.78, 5) is 2.29. The van der Waals surface area contributed by atoms with Crippen LogP contribution in [0.15, 0.2) is 67.3 Å². The minimum Gasteiger partial charge on any atom is -0.435 e. The van der Waals surface area contributed by atoms with Crippen LogP contribution in [-0.2, 0) is 6.54 Å². The zero-order chi connectivity index (χ0) is 22.5. The molecule has 0 radical (unpaired) electrons. The van der Waals surface area contributed by atoms with Crippen molar-refractivity contribution in [3.63, 3.8) is 0 Å². The number of hydrogen-bond donors (Lipinski definition) is 1. The number of para-hydroxylation sites is 2. The maximum absolute atomic E-state index is 14.4. The first kappa shape index (κ1) is 22.2. The van der Waals surface area contributed by atoms with Gasteiger partial charge in [0.1, 0.15) is 0 Å². The Bertz CT molecular complexity index is 1050. The van der Waals surface area contributed by atoms with Crippen molar-refractivity contribution in [1.29, 1.82) is 0 Å². The lowest BCUT2D eigenvalue weighted by Crippen LogP contribution is -2.34. The fourth-order valence-electron chi connectivity index (χ4n) is 3.86. The number of halogens is 1. The van der Waals surface area contributed by atoms with E-state index < -0.39 is 11.9 Å². The van der Waals surface area contributed by atoms with Crippen molar-refractivity contribution < 1.29 is 14.2 Å². The zero-order valence-corrected chi connectivity index (χ0v) is 18.5. The predicted molar refractivity (Wildman–Crippen MR) is 124 cm³/mol. The van der Waals surface area contributed by atoms with Crippen molar-refractivity contribution in [1.82, 2.24) is 14.7 Å². The van der Waals surface area contributed by atoms with Crippen molar-refractivity contribution in [2.75, 3.05) is 6.54 Å². The molecule has 32 heavy (non-hydrogen) atoms. The van der Waals surface area contributed by atoms with Gasteiger partial charge in [0.25, 0.3) is 0 Å². The van der Waals surface area contributed by atoms with E-state index >= 15 is 0 Å². The van der Waals surface area contributed by atoms with E-state index in [4.69, 9.17) is 9.84 Å². The highest BCUT2D eigenvalue weighted by atomic mass is 19.1. The lowest BCUT2D eigenvalue weighted by Gasteiger charge is -2.25. The zero-order valence-electron chi connectivity index (χ0n) is 18.5. The highest BCUT2D eigenvalue weighted by molar-refractivity contribution is 5.43. The highest BCUT2D eigenvalue weighted by Gasteiger charge is 2.32. The van der Waals surface area contributed by atoms with E-state index in [1.54, 1.807) is 22.9 Å². The minimum atomic E-state index is -0.422. The molecule has 0 aliphatic heterocycles. The summed E-state index contributed by atoms with van der Waals surface area (Å²) in [5.41, 5.74) is 2.57. The molecule has 1 unspecified atom stereocenters. The molecule has 0 spiro atoms. The van der Waals surface area contributed by atoms with E-state index in [-0.39, 0.29) is 5.75 Å². The molecule has 1 aromatic heterocycles. The summed E-state index contributed by atoms with van der Waals surface area (Å²) in [6.45, 7) is 6.85. The fourth-order valence-corrected chi connectivity index (χ4v) is 3.86. The Labute approximate surface area is 188 Å². The van der Waals surface area contributed by atoms with Gasteiger partial charge >= 0.3 is 0 Å². The Balaban J connectivity index is 1.68. The Kier molecular flexibility index (Phi) is 7.02. The van der Waals surface area contributed by atoms with Gasteiger partial charge in [0.2, 0.25) is 5.88 Å². The van der Waals surface area contributed by atoms with Crippen molar-refractivity contribution in [2.45, 2.75) is 51.3 Å². The molecule has 6 heteroatoms. The number of benzene rings is 2. The molecule has 1 heterocycles. The van der Waals surface area contributed by atoms with Crippen molar-refractivity contribution in [3.05, 3.63) is 84.3 Å². The standard InChI is InChI=1S/C26H30FN3O2/c1-3-4-12-22(31)17-29(20-15-16-20)18-23-19(2)28-30(21-10-6-5-7-11-21)26(23)32-25-14-9-8-13-24(25)27/h3,5-11,13-14,20,22,31H,1,4,12,15-18H2,2H3. The van der Waals surface area contributed by atoms with Gasteiger partial charge in [0, 0.05) is 19.1 Å². The first-order valence-electron chi connectivity index (χ1n) is 11.2. The van der Waals surface area contributed by atoms with Gasteiger partial charge in [-0.15, -0.1) is 6.58 Å². The first-order chi connectivity index (χ1) is 15.6. The average molecular weight is 436 g/mol. The fraction of sp³-hybridized carbons (Fsp3) is 0.346. The molecule has 0 amide bonds. The molecule has 1 aliphatic carbocycles. The minimum absolute atomic E-state index is 0.162. The van der Waals surface area contributed by atoms with Gasteiger partial charge < -0.3 is 9.84 Å². The third-order valence-electron chi connectivity index (χ3n) is 5.76. The Morgan fingerprint density at radius 1 is 1.22 bits per heavy atom. The third kappa shape index (κ3) is 5.26. The molecular weight excluding hydrogens is 405 g/mol. The number of aliphatic hydroxyl groups excluding tert-OH is 1. The summed E-state index contributed by atoms with van der Waals surface area (Å²) >= 11 is 0. The Morgan fingerprint density at radius 3 is 2.62 bits per heavy atom. The average Bonchev–Trinajstić information content (AvgIpc) is 3.60. The van der Waals surface area contributed by atoms with Gasteiger partial charge in [-0.05, 0) is 56.9 Å². The molecule has 168 valence electrons. The van der Waals surface area contributed by atoms with Crippen LogP contribution in [0.1, 0.15) is 36.9 Å². The maximum atomic E-state index is 14.4. The number of aryl methyl sites for hydroxylation is 1. The SMILES string of the molecule is C=CCCC(O)CN(Cc1c(C)nn(-c2ccccc2)c1Oc1ccccc1F)C1CC1. The van der Waals surface area contributed by atoms with E-state index in [9.17, 15) is 9.50 Å². The Hall–Kier alpha value is -2.96. The van der Waals surface area contributed by atoms with Crippen molar-refractivity contribution in [3.8, 4) is 17.3 Å². The van der Waals surface area contributed by atoms with Crippen LogP contribution in [0.5, 0.6) is 11.6 Å². The van der Waals surface area contributed by atoms with Crippen LogP contribution in [0.4, 0.5) is 4.39 Å². The number of hydrogen-bond acceptors (Lipinski definition) is 4. The van der Waals surface area contributed by atoms with Gasteiger partial charge in [0.15, 0.2) is 11.6 Å². The van der Waals surface area contributed by atoms with E-state index in [2.05, 4.69) is 11.5 Å². The summed E-state index contributed by atoms with van der Waals surface area (Å²) in [6, 6.07) is 16.5. The molecule has 0 saturated heterocycles. The summed E-state index contributed by atoms with van der Waals surface area (Å²) in [5.74, 6) is 0.246. The molecule has 1 fully saturated rings. The number of aliphatic hydroxyl groups is 1. The summed E-state index contributed by atoms with van der Waals surface area (Å²) in [7, 11) is 0. The van der Waals surface area contributed by atoms with Gasteiger partial charge in [0.05, 0.1) is 23.0 Å². The molecule has 3 aromatic rings. The van der Waals surface area contributed by atoms with Crippen LogP contribution in [0.25, 0.3) is 5.69 Å². The van der Waals surface area contributed by atoms with Crippen LogP contribution in [-0.4, -0.2) is 38.5 Å². The van der Waals surface area contributed by atoms with Gasteiger partial charge in [-0.1, -0.05) is 36.4 Å². The molecule has 5 nitrogen and oxygen atoms in total. The smallest absolute Gasteiger partial charge is 0.227 e. The van der Waals surface area contributed by atoms with Gasteiger partial charge in [-0.25, -0.2) is 9.07 Å². The number of allylic oxidation sites excluding steroid dienone is 1. The summed E-state index contributed by atoms with van der Waals surface area (Å²) in [5, 5.41) is 15.2. The molecule has 0 bridgehead atoms. The molecule has 1 N–H and O–H groups in total. The lowest BCUT2D eigenvalue weighted by molar-refractivity contribution is 0.0974. The van der Waals surface area contributed by atoms with Crippen LogP contribution >= 0.6 is 0 Å². The molecule has 1 saturated carbocycles. The second-order valence-electron chi connectivity index (χ2n) is 8.33. The number of aromatic nitrogens is 2. The molecule has 2 aromatic carbocycles. The summed E-state index contributed by atoms with van der Waals surface area (Å²) in [6.07, 6.45) is 5.11. The van der Waals surface area contributed by atoms with E-state index in [1.165, 1.54) is 6.07 Å². The van der Waals surface area contributed by atoms with Crippen LogP contribution in [0.2, 0.25) is 0 Å². The second-order valence-corrected chi connectivity index (χ2v) is 8.33. The predicted octanol–water partition coefficient (Wildman–Crippen LogP) is 5.40. The second kappa shape index (κ2) is 10.1.